The molecule has 1 unspecified atom stereocenters. The Morgan fingerprint density at radius 3 is 2.33 bits per heavy atom. The van der Waals surface area contributed by atoms with Gasteiger partial charge in [0.2, 0.25) is 0 Å². The van der Waals surface area contributed by atoms with Crippen LogP contribution in [0.15, 0.2) is 0 Å². The first kappa shape index (κ1) is 11.1. The maximum Gasteiger partial charge on any atom is 0.317 e. The fourth-order valence-corrected chi connectivity index (χ4v) is 0.933. The quantitative estimate of drug-likeness (QED) is 0.252. The van der Waals surface area contributed by atoms with Crippen LogP contribution in [-0.2, 0) is 9.53 Å². The van der Waals surface area contributed by atoms with Crippen molar-refractivity contribution in [2.24, 2.45) is 5.41 Å². The van der Waals surface area contributed by atoms with E-state index in [9.17, 15) is 14.9 Å². The van der Waals surface area contributed by atoms with Gasteiger partial charge in [-0.25, -0.2) is 0 Å². The molecule has 0 amide bonds. The van der Waals surface area contributed by atoms with Gasteiger partial charge in [-0.3, -0.25) is 14.9 Å². The number of ether oxygens (including phenoxy) is 1. The molecule has 0 aromatic heterocycles. The summed E-state index contributed by atoms with van der Waals surface area (Å²) in [7, 11) is 1.57. The molecule has 0 bridgehead atoms. The smallest absolute Gasteiger partial charge is 0.317 e. The monoisotopic (exact) mass is 191 g/mol. The lowest BCUT2D eigenvalue weighted by molar-refractivity contribution is -0.512. The van der Waals surface area contributed by atoms with Crippen LogP contribution in [0.2, 0.25) is 0 Å². The van der Waals surface area contributed by atoms with Crippen LogP contribution in [-0.4, -0.2) is 33.9 Å². The van der Waals surface area contributed by atoms with Crippen LogP contribution in [0, 0.1) is 15.5 Å². The Kier molecular flexibility index (Phi) is 3.38. The number of carbonyl (C=O) groups excluding carboxylic acids is 1. The molecule has 5 nitrogen and oxygen atoms in total. The highest BCUT2D eigenvalue weighted by molar-refractivity contribution is 6.13. The second kappa shape index (κ2) is 3.66. The van der Waals surface area contributed by atoms with Crippen LogP contribution < -0.4 is 0 Å². The Hall–Kier alpha value is -0.913. The molecule has 0 aliphatic heterocycles. The van der Waals surface area contributed by atoms with Gasteiger partial charge in [0, 0.05) is 4.92 Å². The first-order valence-electron chi connectivity index (χ1n) is 3.56. The van der Waals surface area contributed by atoms with E-state index in [1.807, 2.05) is 0 Å². The lowest BCUT2D eigenvalue weighted by atomic mass is 9.93. The molecule has 70 valence electrons. The van der Waals surface area contributed by atoms with E-state index in [4.69, 9.17) is 0 Å². The zero-order chi connectivity index (χ0) is 9.94. The van der Waals surface area contributed by atoms with E-state index in [-0.39, 0.29) is 0 Å². The highest BCUT2D eigenvalue weighted by atomic mass is 28.1. The third-order valence-electron chi connectivity index (χ3n) is 2.07. The largest absolute Gasteiger partial charge is 0.468 e. The van der Waals surface area contributed by atoms with E-state index in [1.54, 1.807) is 0 Å². The topological polar surface area (TPSA) is 69.4 Å². The summed E-state index contributed by atoms with van der Waals surface area (Å²) in [6.07, 6.45) is 0. The number of hydrogen-bond donors (Lipinski definition) is 0. The summed E-state index contributed by atoms with van der Waals surface area (Å²) in [4.78, 5) is 21.0. The van der Waals surface area contributed by atoms with Crippen LogP contribution in [0.3, 0.4) is 0 Å². The van der Waals surface area contributed by atoms with E-state index in [0.717, 1.165) is 0 Å². The van der Waals surface area contributed by atoms with E-state index >= 15 is 0 Å². The number of rotatable bonds is 3. The zero-order valence-corrected chi connectivity index (χ0v) is 9.66. The fourth-order valence-electron chi connectivity index (χ4n) is 0.697. The highest BCUT2D eigenvalue weighted by Crippen LogP contribution is 2.22. The Labute approximate surface area is 73.7 Å². The molecule has 0 heterocycles. The van der Waals surface area contributed by atoms with Gasteiger partial charge < -0.3 is 4.74 Å². The van der Waals surface area contributed by atoms with Crippen LogP contribution in [0.4, 0.5) is 0 Å². The molecule has 0 fully saturated rings. The predicted octanol–water partition coefficient (Wildman–Crippen LogP) is -0.846. The minimum absolute atomic E-state index is 0.334. The summed E-state index contributed by atoms with van der Waals surface area (Å²) >= 11 is 0. The lowest BCUT2D eigenvalue weighted by Crippen LogP contribution is -2.43. The zero-order valence-electron chi connectivity index (χ0n) is 7.66. The molecular formula is C6H13NO4Si. The van der Waals surface area contributed by atoms with Gasteiger partial charge in [-0.05, 0) is 13.8 Å². The van der Waals surface area contributed by atoms with Crippen molar-refractivity contribution < 1.29 is 14.5 Å². The molecule has 6 heteroatoms. The van der Waals surface area contributed by atoms with Crippen molar-refractivity contribution in [1.82, 2.24) is 0 Å². The van der Waals surface area contributed by atoms with Crippen LogP contribution in [0.5, 0.6) is 0 Å². The summed E-state index contributed by atoms with van der Waals surface area (Å²) in [6, 6.07) is 0. The van der Waals surface area contributed by atoms with Gasteiger partial charge in [0.1, 0.15) is 5.41 Å². The lowest BCUT2D eigenvalue weighted by Gasteiger charge is -2.22. The van der Waals surface area contributed by atoms with Gasteiger partial charge in [0.15, 0.2) is 5.67 Å². The predicted molar refractivity (Wildman–Crippen MR) is 46.5 cm³/mol. The molecule has 0 aromatic carbocycles. The number of nitrogens with zero attached hydrogens (tertiary/aromatic N) is 1. The van der Waals surface area contributed by atoms with Crippen LogP contribution in [0.1, 0.15) is 13.8 Å². The Morgan fingerprint density at radius 1 is 1.67 bits per heavy atom. The second-order valence-corrected chi connectivity index (χ2v) is 4.27. The van der Waals surface area contributed by atoms with Gasteiger partial charge in [0.05, 0.1) is 17.4 Å². The third kappa shape index (κ3) is 2.04. The summed E-state index contributed by atoms with van der Waals surface area (Å²) in [6.45, 7) is 3.05. The first-order valence-corrected chi connectivity index (χ1v) is 4.71. The molecule has 1 atom stereocenters. The SMILES string of the molecule is COC(=O)C(C)(C)C([SiH3])[N+](=O)[O-]. The van der Waals surface area contributed by atoms with Gasteiger partial charge in [-0.1, -0.05) is 0 Å². The molecule has 0 N–H and O–H groups in total. The summed E-state index contributed by atoms with van der Waals surface area (Å²) in [5.41, 5.74) is -1.81. The minimum Gasteiger partial charge on any atom is -0.468 e. The van der Waals surface area contributed by atoms with Crippen LogP contribution in [0.25, 0.3) is 0 Å². The molecule has 0 aliphatic rings. The van der Waals surface area contributed by atoms with Crippen molar-refractivity contribution in [2.75, 3.05) is 7.11 Å². The van der Waals surface area contributed by atoms with Crippen molar-refractivity contribution >= 4 is 16.2 Å². The Balaban J connectivity index is 4.60. The summed E-state index contributed by atoms with van der Waals surface area (Å²) < 4.78 is 4.47. The molecule has 0 spiro atoms. The summed E-state index contributed by atoms with van der Waals surface area (Å²) in [5.74, 6) is -0.529. The summed E-state index contributed by atoms with van der Waals surface area (Å²) in [5, 5.41) is 10.4. The number of methoxy groups -OCH3 is 1. The fraction of sp³-hybridized carbons (Fsp3) is 0.833. The third-order valence-corrected chi connectivity index (χ3v) is 3.94. The number of hydrogen-bond acceptors (Lipinski definition) is 4. The van der Waals surface area contributed by atoms with E-state index < -0.39 is 22.0 Å². The first-order chi connectivity index (χ1) is 5.34. The van der Waals surface area contributed by atoms with Crippen molar-refractivity contribution in [3.8, 4) is 0 Å². The molecule has 0 rings (SSSR count). The number of nitro groups is 1. The molecular weight excluding hydrogens is 178 g/mol. The molecule has 12 heavy (non-hydrogen) atoms. The van der Waals surface area contributed by atoms with Gasteiger partial charge in [-0.15, -0.1) is 0 Å². The van der Waals surface area contributed by atoms with E-state index in [1.165, 1.54) is 21.0 Å². The molecule has 0 saturated heterocycles. The van der Waals surface area contributed by atoms with Crippen LogP contribution >= 0.6 is 0 Å². The maximum absolute atomic E-state index is 11.1. The molecule has 0 aliphatic carbocycles. The van der Waals surface area contributed by atoms with Crippen molar-refractivity contribution in [3.63, 3.8) is 0 Å². The van der Waals surface area contributed by atoms with Crippen molar-refractivity contribution in [1.29, 1.82) is 0 Å². The average molecular weight is 191 g/mol. The second-order valence-electron chi connectivity index (χ2n) is 3.17. The van der Waals surface area contributed by atoms with E-state index in [2.05, 4.69) is 4.74 Å². The maximum atomic E-state index is 11.1. The standard InChI is InChI=1S/C6H13NO4Si/c1-6(2,5(8)11-3)4(12)7(9)10/h4H,1-3,12H3. The Morgan fingerprint density at radius 2 is 2.08 bits per heavy atom. The van der Waals surface area contributed by atoms with Gasteiger partial charge in [-0.2, -0.15) is 0 Å². The highest BCUT2D eigenvalue weighted by Gasteiger charge is 2.42. The number of carbonyl (C=O) groups is 1. The average Bonchev–Trinajstić information content (AvgIpc) is 2.01. The molecule has 0 saturated carbocycles. The van der Waals surface area contributed by atoms with Gasteiger partial charge in [0.25, 0.3) is 0 Å². The van der Waals surface area contributed by atoms with Crippen molar-refractivity contribution in [3.05, 3.63) is 10.1 Å². The van der Waals surface area contributed by atoms with Gasteiger partial charge >= 0.3 is 5.97 Å². The van der Waals surface area contributed by atoms with Crippen molar-refractivity contribution in [2.45, 2.75) is 19.5 Å². The normalized spacial score (nSPS) is 13.9. The van der Waals surface area contributed by atoms with E-state index in [0.29, 0.717) is 10.2 Å². The molecule has 0 radical (unpaired) electrons. The molecule has 0 aromatic rings. The minimum atomic E-state index is -1.01. The Bertz CT molecular complexity index is 204. The number of esters is 1.